The topological polar surface area (TPSA) is 23.6 Å². The van der Waals surface area contributed by atoms with Crippen LogP contribution in [-0.4, -0.2) is 54.6 Å². The molecule has 1 fully saturated rings. The highest BCUT2D eigenvalue weighted by molar-refractivity contribution is 5.76. The first-order valence-corrected chi connectivity index (χ1v) is 5.49. The lowest BCUT2D eigenvalue weighted by Crippen LogP contribution is -2.50. The Balaban J connectivity index is 2.31. The Bertz CT molecular complexity index is 235. The maximum atomic E-state index is 12.1. The second-order valence-electron chi connectivity index (χ2n) is 4.02. The maximum Gasteiger partial charge on any atom is 0.401 e. The van der Waals surface area contributed by atoms with Gasteiger partial charge >= 0.3 is 6.18 Å². The molecule has 0 unspecified atom stereocenters. The number of amides is 1. The molecule has 1 saturated heterocycles. The number of halogens is 3. The molecule has 6 heteroatoms. The van der Waals surface area contributed by atoms with Crippen LogP contribution < -0.4 is 0 Å². The number of hydrogen-bond acceptors (Lipinski definition) is 2. The summed E-state index contributed by atoms with van der Waals surface area (Å²) < 4.78 is 36.3. The Hall–Kier alpha value is -0.780. The minimum absolute atomic E-state index is 0.0501. The van der Waals surface area contributed by atoms with E-state index >= 15 is 0 Å². The van der Waals surface area contributed by atoms with Crippen LogP contribution in [0.15, 0.2) is 0 Å². The summed E-state index contributed by atoms with van der Waals surface area (Å²) in [7, 11) is 0. The first-order valence-electron chi connectivity index (χ1n) is 5.49. The summed E-state index contributed by atoms with van der Waals surface area (Å²) >= 11 is 0. The third-order valence-electron chi connectivity index (χ3n) is 2.59. The number of nitrogens with zero attached hydrogens (tertiary/aromatic N) is 2. The number of hydrogen-bond donors (Lipinski definition) is 0. The summed E-state index contributed by atoms with van der Waals surface area (Å²) in [5.74, 6) is 0.0501. The van der Waals surface area contributed by atoms with Gasteiger partial charge in [0.1, 0.15) is 0 Å². The van der Waals surface area contributed by atoms with Crippen LogP contribution in [0.2, 0.25) is 0 Å². The van der Waals surface area contributed by atoms with Gasteiger partial charge in [0.25, 0.3) is 0 Å². The average Bonchev–Trinajstić information content (AvgIpc) is 2.16. The highest BCUT2D eigenvalue weighted by Gasteiger charge is 2.32. The molecular weight excluding hydrogens is 221 g/mol. The minimum Gasteiger partial charge on any atom is -0.340 e. The predicted octanol–water partition coefficient (Wildman–Crippen LogP) is 1.49. The van der Waals surface area contributed by atoms with E-state index in [2.05, 4.69) is 0 Å². The summed E-state index contributed by atoms with van der Waals surface area (Å²) in [6.45, 7) is 2.49. The predicted molar refractivity (Wildman–Crippen MR) is 54.0 cm³/mol. The molecule has 0 atom stereocenters. The van der Waals surface area contributed by atoms with Gasteiger partial charge in [0.2, 0.25) is 5.91 Å². The van der Waals surface area contributed by atoms with Crippen molar-refractivity contribution in [3.8, 4) is 0 Å². The molecule has 1 rings (SSSR count). The van der Waals surface area contributed by atoms with Gasteiger partial charge in [0.05, 0.1) is 6.54 Å². The maximum absolute atomic E-state index is 12.1. The molecule has 0 saturated carbocycles. The first-order chi connectivity index (χ1) is 7.42. The van der Waals surface area contributed by atoms with Crippen LogP contribution >= 0.6 is 0 Å². The molecule has 0 aliphatic carbocycles. The third-order valence-corrected chi connectivity index (χ3v) is 2.59. The molecule has 0 spiro atoms. The Morgan fingerprint density at radius 1 is 1.19 bits per heavy atom. The number of rotatable bonds is 3. The molecule has 94 valence electrons. The Morgan fingerprint density at radius 3 is 2.19 bits per heavy atom. The van der Waals surface area contributed by atoms with Gasteiger partial charge in [-0.05, 0) is 6.42 Å². The molecule has 1 amide bonds. The van der Waals surface area contributed by atoms with Crippen LogP contribution in [0.25, 0.3) is 0 Å². The molecular formula is C10H17F3N2O. The average molecular weight is 238 g/mol. The molecule has 16 heavy (non-hydrogen) atoms. The zero-order valence-corrected chi connectivity index (χ0v) is 9.39. The zero-order valence-electron chi connectivity index (χ0n) is 9.39. The first kappa shape index (κ1) is 13.3. The van der Waals surface area contributed by atoms with E-state index in [-0.39, 0.29) is 5.91 Å². The SMILES string of the molecule is CCCC(=O)N1CCN(CC(F)(F)F)CC1. The van der Waals surface area contributed by atoms with E-state index in [1.165, 1.54) is 4.90 Å². The normalized spacial score (nSPS) is 18.9. The zero-order chi connectivity index (χ0) is 12.2. The van der Waals surface area contributed by atoms with E-state index in [0.29, 0.717) is 32.6 Å². The Labute approximate surface area is 93.2 Å². The minimum atomic E-state index is -4.14. The van der Waals surface area contributed by atoms with Gasteiger partial charge in [-0.2, -0.15) is 13.2 Å². The summed E-state index contributed by atoms with van der Waals surface area (Å²) in [5.41, 5.74) is 0. The van der Waals surface area contributed by atoms with Crippen molar-refractivity contribution >= 4 is 5.91 Å². The van der Waals surface area contributed by atoms with Crippen molar-refractivity contribution in [1.29, 1.82) is 0 Å². The van der Waals surface area contributed by atoms with Gasteiger partial charge in [-0.1, -0.05) is 6.92 Å². The largest absolute Gasteiger partial charge is 0.401 e. The van der Waals surface area contributed by atoms with Gasteiger partial charge in [-0.15, -0.1) is 0 Å². The number of alkyl halides is 3. The summed E-state index contributed by atoms with van der Waals surface area (Å²) in [6.07, 6.45) is -2.88. The molecule has 0 N–H and O–H groups in total. The fourth-order valence-corrected chi connectivity index (χ4v) is 1.78. The number of carbonyl (C=O) groups excluding carboxylic acids is 1. The third kappa shape index (κ3) is 4.38. The summed E-state index contributed by atoms with van der Waals surface area (Å²) in [5, 5.41) is 0. The molecule has 1 aliphatic rings. The van der Waals surface area contributed by atoms with Crippen LogP contribution in [-0.2, 0) is 4.79 Å². The van der Waals surface area contributed by atoms with Crippen molar-refractivity contribution in [2.45, 2.75) is 25.9 Å². The second-order valence-corrected chi connectivity index (χ2v) is 4.02. The van der Waals surface area contributed by atoms with Gasteiger partial charge in [-0.3, -0.25) is 9.69 Å². The van der Waals surface area contributed by atoms with E-state index in [1.54, 1.807) is 4.90 Å². The van der Waals surface area contributed by atoms with E-state index < -0.39 is 12.7 Å². The van der Waals surface area contributed by atoms with Gasteiger partial charge in [0, 0.05) is 32.6 Å². The molecule has 0 aromatic carbocycles. The standard InChI is InChI=1S/C10H17F3N2O/c1-2-3-9(16)15-6-4-14(5-7-15)8-10(11,12)13/h2-8H2,1H3. The number of carbonyl (C=O) groups is 1. The lowest BCUT2D eigenvalue weighted by atomic mass is 10.2. The lowest BCUT2D eigenvalue weighted by Gasteiger charge is -2.35. The molecule has 3 nitrogen and oxygen atoms in total. The summed E-state index contributed by atoms with van der Waals surface area (Å²) in [4.78, 5) is 14.5. The molecule has 0 bridgehead atoms. The van der Waals surface area contributed by atoms with Crippen molar-refractivity contribution in [3.63, 3.8) is 0 Å². The van der Waals surface area contributed by atoms with Crippen LogP contribution in [0, 0.1) is 0 Å². The van der Waals surface area contributed by atoms with Crippen LogP contribution in [0.4, 0.5) is 13.2 Å². The van der Waals surface area contributed by atoms with Crippen molar-refractivity contribution in [1.82, 2.24) is 9.80 Å². The monoisotopic (exact) mass is 238 g/mol. The fourth-order valence-electron chi connectivity index (χ4n) is 1.78. The highest BCUT2D eigenvalue weighted by atomic mass is 19.4. The van der Waals surface area contributed by atoms with Crippen molar-refractivity contribution in [2.75, 3.05) is 32.7 Å². The van der Waals surface area contributed by atoms with Crippen molar-refractivity contribution in [3.05, 3.63) is 0 Å². The van der Waals surface area contributed by atoms with E-state index in [1.807, 2.05) is 6.92 Å². The van der Waals surface area contributed by atoms with Crippen LogP contribution in [0.3, 0.4) is 0 Å². The highest BCUT2D eigenvalue weighted by Crippen LogP contribution is 2.17. The fraction of sp³-hybridized carbons (Fsp3) is 0.900. The van der Waals surface area contributed by atoms with Gasteiger partial charge in [0.15, 0.2) is 0 Å². The molecule has 0 radical (unpaired) electrons. The van der Waals surface area contributed by atoms with E-state index in [0.717, 1.165) is 6.42 Å². The van der Waals surface area contributed by atoms with Crippen LogP contribution in [0.1, 0.15) is 19.8 Å². The van der Waals surface area contributed by atoms with Crippen molar-refractivity contribution in [2.24, 2.45) is 0 Å². The van der Waals surface area contributed by atoms with Crippen LogP contribution in [0.5, 0.6) is 0 Å². The van der Waals surface area contributed by atoms with Gasteiger partial charge in [-0.25, -0.2) is 0 Å². The Kier molecular flexibility index (Phi) is 4.58. The molecule has 1 aliphatic heterocycles. The smallest absolute Gasteiger partial charge is 0.340 e. The summed E-state index contributed by atoms with van der Waals surface area (Å²) in [6, 6.07) is 0. The van der Waals surface area contributed by atoms with E-state index in [4.69, 9.17) is 0 Å². The van der Waals surface area contributed by atoms with E-state index in [9.17, 15) is 18.0 Å². The lowest BCUT2D eigenvalue weighted by molar-refractivity contribution is -0.151. The molecule has 0 aromatic rings. The van der Waals surface area contributed by atoms with Crippen molar-refractivity contribution < 1.29 is 18.0 Å². The van der Waals surface area contributed by atoms with Gasteiger partial charge < -0.3 is 4.90 Å². The molecule has 1 heterocycles. The molecule has 0 aromatic heterocycles. The number of piperazine rings is 1. The quantitative estimate of drug-likeness (QED) is 0.743. The second kappa shape index (κ2) is 5.52. The Morgan fingerprint density at radius 2 is 1.75 bits per heavy atom.